The van der Waals surface area contributed by atoms with E-state index in [4.69, 9.17) is 4.98 Å². The topological polar surface area (TPSA) is 41.3 Å². The number of fused-ring (bicyclic) bond motifs is 2. The van der Waals surface area contributed by atoms with Gasteiger partial charge in [0.1, 0.15) is 5.82 Å². The Morgan fingerprint density at radius 3 is 2.57 bits per heavy atom. The maximum atomic E-state index is 10.8. The molecule has 1 saturated carbocycles. The van der Waals surface area contributed by atoms with Crippen molar-refractivity contribution in [3.05, 3.63) is 30.1 Å². The van der Waals surface area contributed by atoms with Crippen molar-refractivity contribution in [2.45, 2.75) is 51.8 Å². The van der Waals surface area contributed by atoms with E-state index in [9.17, 15) is 5.11 Å². The highest BCUT2D eigenvalue weighted by atomic mass is 16.3. The molecule has 1 saturated heterocycles. The van der Waals surface area contributed by atoms with Crippen LogP contribution in [-0.4, -0.2) is 44.8 Å². The predicted molar refractivity (Wildman–Crippen MR) is 92.4 cm³/mol. The Balaban J connectivity index is 1.66. The molecule has 4 nitrogen and oxygen atoms in total. The van der Waals surface area contributed by atoms with Crippen LogP contribution in [0.5, 0.6) is 0 Å². The van der Waals surface area contributed by atoms with Crippen LogP contribution in [0.25, 0.3) is 11.0 Å². The van der Waals surface area contributed by atoms with Crippen molar-refractivity contribution in [1.29, 1.82) is 0 Å². The van der Waals surface area contributed by atoms with E-state index in [0.29, 0.717) is 17.9 Å². The first-order valence-electron chi connectivity index (χ1n) is 8.90. The molecule has 0 bridgehead atoms. The second-order valence-electron chi connectivity index (χ2n) is 7.69. The molecule has 0 radical (unpaired) electrons. The summed E-state index contributed by atoms with van der Waals surface area (Å²) in [6.07, 6.45) is 1.72. The molecule has 23 heavy (non-hydrogen) atoms. The molecule has 4 heteroatoms. The molecule has 4 atom stereocenters. The molecule has 0 amide bonds. The van der Waals surface area contributed by atoms with E-state index in [-0.39, 0.29) is 12.1 Å². The van der Waals surface area contributed by atoms with Gasteiger partial charge in [0.2, 0.25) is 0 Å². The molecule has 2 aromatic rings. The van der Waals surface area contributed by atoms with Gasteiger partial charge in [0.05, 0.1) is 23.2 Å². The molecule has 1 aromatic heterocycles. The molecular weight excluding hydrogens is 286 g/mol. The van der Waals surface area contributed by atoms with E-state index < -0.39 is 0 Å². The lowest BCUT2D eigenvalue weighted by atomic mass is 9.77. The highest BCUT2D eigenvalue weighted by Gasteiger charge is 2.43. The Morgan fingerprint density at radius 2 is 1.83 bits per heavy atom. The number of hydrogen-bond donors (Lipinski definition) is 1. The summed E-state index contributed by atoms with van der Waals surface area (Å²) in [7, 11) is 0. The predicted octanol–water partition coefficient (Wildman–Crippen LogP) is 3.00. The second kappa shape index (κ2) is 5.60. The molecule has 2 heterocycles. The highest BCUT2D eigenvalue weighted by molar-refractivity contribution is 5.76. The molecule has 2 fully saturated rings. The van der Waals surface area contributed by atoms with Crippen LogP contribution in [0, 0.1) is 18.8 Å². The molecule has 2 aliphatic rings. The third-order valence-corrected chi connectivity index (χ3v) is 5.97. The Kier molecular flexibility index (Phi) is 3.69. The Bertz CT molecular complexity index is 708. The van der Waals surface area contributed by atoms with Crippen LogP contribution in [0.4, 0.5) is 0 Å². The van der Waals surface area contributed by atoms with Crippen molar-refractivity contribution < 1.29 is 5.11 Å². The summed E-state index contributed by atoms with van der Waals surface area (Å²) in [4.78, 5) is 7.27. The van der Waals surface area contributed by atoms with Gasteiger partial charge in [-0.3, -0.25) is 0 Å². The summed E-state index contributed by atoms with van der Waals surface area (Å²) >= 11 is 0. The van der Waals surface area contributed by atoms with Gasteiger partial charge in [-0.1, -0.05) is 12.1 Å². The lowest BCUT2D eigenvalue weighted by molar-refractivity contribution is 0.0366. The normalized spacial score (nSPS) is 31.9. The van der Waals surface area contributed by atoms with Gasteiger partial charge >= 0.3 is 0 Å². The summed E-state index contributed by atoms with van der Waals surface area (Å²) in [5.41, 5.74) is 2.20. The minimum Gasteiger partial charge on any atom is -0.391 e. The van der Waals surface area contributed by atoms with E-state index in [1.165, 1.54) is 6.54 Å². The molecule has 1 aliphatic carbocycles. The minimum absolute atomic E-state index is 0.163. The third-order valence-electron chi connectivity index (χ3n) is 5.97. The lowest BCUT2D eigenvalue weighted by Gasteiger charge is -2.36. The summed E-state index contributed by atoms with van der Waals surface area (Å²) in [6, 6.07) is 9.05. The van der Waals surface area contributed by atoms with Gasteiger partial charge in [0.25, 0.3) is 0 Å². The van der Waals surface area contributed by atoms with E-state index in [2.05, 4.69) is 48.4 Å². The van der Waals surface area contributed by atoms with Crippen LogP contribution >= 0.6 is 0 Å². The van der Waals surface area contributed by atoms with E-state index >= 15 is 0 Å². The Hall–Kier alpha value is -1.39. The number of imidazole rings is 1. The number of para-hydroxylation sites is 2. The first-order valence-corrected chi connectivity index (χ1v) is 8.90. The van der Waals surface area contributed by atoms with Crippen LogP contribution in [-0.2, 0) is 0 Å². The fourth-order valence-corrected chi connectivity index (χ4v) is 4.73. The van der Waals surface area contributed by atoms with Gasteiger partial charge in [-0.2, -0.15) is 0 Å². The van der Waals surface area contributed by atoms with Gasteiger partial charge < -0.3 is 14.6 Å². The van der Waals surface area contributed by atoms with Crippen molar-refractivity contribution in [3.63, 3.8) is 0 Å². The fourth-order valence-electron chi connectivity index (χ4n) is 4.73. The zero-order chi connectivity index (χ0) is 16.1. The maximum Gasteiger partial charge on any atom is 0.107 e. The summed E-state index contributed by atoms with van der Waals surface area (Å²) in [6.45, 7) is 8.94. The zero-order valence-electron chi connectivity index (χ0n) is 14.3. The number of rotatable bonds is 2. The molecule has 0 spiro atoms. The van der Waals surface area contributed by atoms with Crippen LogP contribution in [0.1, 0.15) is 38.6 Å². The number of nitrogens with zero attached hydrogens (tertiary/aromatic N) is 3. The number of hydrogen-bond acceptors (Lipinski definition) is 3. The molecule has 1 N–H and O–H groups in total. The van der Waals surface area contributed by atoms with E-state index in [0.717, 1.165) is 36.2 Å². The smallest absolute Gasteiger partial charge is 0.107 e. The number of likely N-dealkylation sites (tertiary alicyclic amines) is 1. The van der Waals surface area contributed by atoms with Crippen molar-refractivity contribution in [2.75, 3.05) is 13.1 Å². The summed E-state index contributed by atoms with van der Waals surface area (Å²) in [5.74, 6) is 2.37. The first-order chi connectivity index (χ1) is 11.0. The van der Waals surface area contributed by atoms with Crippen molar-refractivity contribution >= 4 is 11.0 Å². The Morgan fingerprint density at radius 1 is 1.13 bits per heavy atom. The van der Waals surface area contributed by atoms with Gasteiger partial charge in [-0.25, -0.2) is 4.98 Å². The van der Waals surface area contributed by atoms with Gasteiger partial charge in [-0.05, 0) is 57.6 Å². The molecule has 124 valence electrons. The number of aliphatic hydroxyl groups excluding tert-OH is 1. The summed E-state index contributed by atoms with van der Waals surface area (Å²) in [5, 5.41) is 10.8. The average Bonchev–Trinajstić information content (AvgIpc) is 3.06. The molecule has 4 rings (SSSR count). The SMILES string of the molecule is Cc1nc2ccccc2n1[C@H]1C[C@H]2CN(C(C)C)C[C@H]2C[C@@H]1O. The van der Waals surface area contributed by atoms with Crippen LogP contribution < -0.4 is 0 Å². The summed E-state index contributed by atoms with van der Waals surface area (Å²) < 4.78 is 2.29. The number of benzene rings is 1. The minimum atomic E-state index is -0.264. The van der Waals surface area contributed by atoms with E-state index in [1.807, 2.05) is 6.07 Å². The van der Waals surface area contributed by atoms with E-state index in [1.54, 1.807) is 0 Å². The number of aliphatic hydroxyl groups is 1. The molecule has 0 unspecified atom stereocenters. The average molecular weight is 313 g/mol. The first kappa shape index (κ1) is 15.2. The van der Waals surface area contributed by atoms with Gasteiger partial charge in [0.15, 0.2) is 0 Å². The Labute approximate surface area is 138 Å². The van der Waals surface area contributed by atoms with Gasteiger partial charge in [-0.15, -0.1) is 0 Å². The monoisotopic (exact) mass is 313 g/mol. The number of aryl methyl sites for hydroxylation is 1. The second-order valence-corrected chi connectivity index (χ2v) is 7.69. The number of aromatic nitrogens is 2. The van der Waals surface area contributed by atoms with Gasteiger partial charge in [0, 0.05) is 19.1 Å². The maximum absolute atomic E-state index is 10.8. The van der Waals surface area contributed by atoms with Crippen molar-refractivity contribution in [2.24, 2.45) is 11.8 Å². The molecular formula is C19H27N3O. The molecule has 1 aliphatic heterocycles. The lowest BCUT2D eigenvalue weighted by Crippen LogP contribution is -2.36. The quantitative estimate of drug-likeness (QED) is 0.926. The third kappa shape index (κ3) is 2.48. The standard InChI is InChI=1S/C19H27N3O/c1-12(2)21-10-14-8-18(19(23)9-15(14)11-21)22-13(3)20-16-6-4-5-7-17(16)22/h4-7,12,14-15,18-19,23H,8-11H2,1-3H3/t14-,15+,18-,19-/m0/s1. The van der Waals surface area contributed by atoms with Crippen molar-refractivity contribution in [3.8, 4) is 0 Å². The van der Waals surface area contributed by atoms with Crippen LogP contribution in [0.3, 0.4) is 0 Å². The fraction of sp³-hybridized carbons (Fsp3) is 0.632. The van der Waals surface area contributed by atoms with Crippen molar-refractivity contribution in [1.82, 2.24) is 14.5 Å². The van der Waals surface area contributed by atoms with Crippen LogP contribution in [0.15, 0.2) is 24.3 Å². The molecule has 1 aromatic carbocycles. The zero-order valence-corrected chi connectivity index (χ0v) is 14.3. The highest BCUT2D eigenvalue weighted by Crippen LogP contribution is 2.43. The largest absolute Gasteiger partial charge is 0.391 e. The van der Waals surface area contributed by atoms with Crippen LogP contribution in [0.2, 0.25) is 0 Å².